The molecule has 4 nitrogen and oxygen atoms in total. The van der Waals surface area contributed by atoms with Gasteiger partial charge in [-0.2, -0.15) is 0 Å². The molecule has 0 aromatic carbocycles. The Kier molecular flexibility index (Phi) is 3.98. The van der Waals surface area contributed by atoms with E-state index in [1.807, 2.05) is 12.5 Å². The minimum absolute atomic E-state index is 0.0717. The minimum atomic E-state index is -0.148. The maximum Gasteiger partial charge on any atom is 0.302 e. The molecule has 0 bridgehead atoms. The quantitative estimate of drug-likeness (QED) is 0.528. The third-order valence-electron chi connectivity index (χ3n) is 8.18. The van der Waals surface area contributed by atoms with Crippen molar-refractivity contribution in [2.75, 3.05) is 0 Å². The van der Waals surface area contributed by atoms with E-state index >= 15 is 0 Å². The van der Waals surface area contributed by atoms with Gasteiger partial charge in [0.05, 0.1) is 6.33 Å². The summed E-state index contributed by atoms with van der Waals surface area (Å²) in [7, 11) is 0. The van der Waals surface area contributed by atoms with Gasteiger partial charge in [-0.15, -0.1) is 0 Å². The van der Waals surface area contributed by atoms with Crippen LogP contribution in [0.4, 0.5) is 0 Å². The average Bonchev–Trinajstić information content (AvgIpc) is 3.28. The van der Waals surface area contributed by atoms with E-state index < -0.39 is 0 Å². The minimum Gasteiger partial charge on any atom is -0.462 e. The highest BCUT2D eigenvalue weighted by atomic mass is 16.5. The molecule has 1 heterocycles. The van der Waals surface area contributed by atoms with E-state index in [-0.39, 0.29) is 22.9 Å². The van der Waals surface area contributed by atoms with E-state index in [4.69, 9.17) is 4.74 Å². The number of hydrogen-bond acceptors (Lipinski definition) is 3. The van der Waals surface area contributed by atoms with Crippen LogP contribution in [-0.4, -0.2) is 21.6 Å². The molecule has 148 valence electrons. The van der Waals surface area contributed by atoms with Crippen LogP contribution in [0.1, 0.15) is 59.3 Å². The number of hydrogen-bond donors (Lipinski definition) is 0. The SMILES string of the molecule is CC(=O)O[C@H]1CC[C@@]2(C)C(=CC[C@H]3C4=CC=C(n5ccnc5)[C@@]4(C)CCC32)C1. The molecule has 0 spiro atoms. The number of allylic oxidation sites excluding steroid dienone is 5. The summed E-state index contributed by atoms with van der Waals surface area (Å²) in [5, 5.41) is 0. The average molecular weight is 379 g/mol. The number of rotatable bonds is 2. The highest BCUT2D eigenvalue weighted by molar-refractivity contribution is 5.67. The number of imidazole rings is 1. The fourth-order valence-electron chi connectivity index (χ4n) is 6.72. The van der Waals surface area contributed by atoms with Gasteiger partial charge < -0.3 is 9.30 Å². The van der Waals surface area contributed by atoms with Crippen LogP contribution in [0.2, 0.25) is 0 Å². The third-order valence-corrected chi connectivity index (χ3v) is 8.18. The standard InChI is InChI=1S/C24H30N2O2/c1-16(27)28-18-8-10-23(2)17(14-18)4-5-19-20-6-7-22(26-13-12-25-15-26)24(20,3)11-9-21(19)23/h4,6-7,12-13,15,18-19,21H,5,8-11,14H2,1-3H3/t18-,19-,21?,23-,24-/m0/s1. The van der Waals surface area contributed by atoms with Crippen molar-refractivity contribution in [3.8, 4) is 0 Å². The zero-order chi connectivity index (χ0) is 19.5. The molecule has 2 saturated carbocycles. The van der Waals surface area contributed by atoms with Crippen LogP contribution < -0.4 is 0 Å². The van der Waals surface area contributed by atoms with E-state index in [2.05, 4.69) is 47.8 Å². The number of fused-ring (bicyclic) bond motifs is 5. The van der Waals surface area contributed by atoms with Gasteiger partial charge in [0.15, 0.2) is 0 Å². The molecule has 5 atom stereocenters. The van der Waals surface area contributed by atoms with Gasteiger partial charge in [0, 0.05) is 36.9 Å². The Balaban J connectivity index is 1.43. The lowest BCUT2D eigenvalue weighted by Crippen LogP contribution is -2.47. The molecule has 4 heteroatoms. The monoisotopic (exact) mass is 378 g/mol. The Morgan fingerprint density at radius 2 is 2.11 bits per heavy atom. The summed E-state index contributed by atoms with van der Waals surface area (Å²) in [4.78, 5) is 15.7. The lowest BCUT2D eigenvalue weighted by molar-refractivity contribution is -0.148. The summed E-state index contributed by atoms with van der Waals surface area (Å²) in [6.45, 7) is 6.42. The topological polar surface area (TPSA) is 44.1 Å². The van der Waals surface area contributed by atoms with Crippen LogP contribution in [0.5, 0.6) is 0 Å². The Bertz CT molecular complexity index is 894. The molecule has 0 saturated heterocycles. The second-order valence-corrected chi connectivity index (χ2v) is 9.58. The number of ether oxygens (including phenoxy) is 1. The van der Waals surface area contributed by atoms with Gasteiger partial charge in [0.1, 0.15) is 6.10 Å². The predicted octanol–water partition coefficient (Wildman–Crippen LogP) is 5.15. The molecule has 0 amide bonds. The van der Waals surface area contributed by atoms with Crippen LogP contribution in [0.25, 0.3) is 5.70 Å². The zero-order valence-electron chi connectivity index (χ0n) is 17.1. The Morgan fingerprint density at radius 1 is 1.25 bits per heavy atom. The number of nitrogens with zero attached hydrogens (tertiary/aromatic N) is 2. The number of carbonyl (C=O) groups is 1. The normalized spacial score (nSPS) is 39.1. The molecule has 28 heavy (non-hydrogen) atoms. The number of aromatic nitrogens is 2. The lowest BCUT2D eigenvalue weighted by atomic mass is 9.49. The van der Waals surface area contributed by atoms with Crippen LogP contribution >= 0.6 is 0 Å². The van der Waals surface area contributed by atoms with Crippen molar-refractivity contribution in [2.45, 2.75) is 65.4 Å². The third kappa shape index (κ3) is 2.49. The summed E-state index contributed by atoms with van der Waals surface area (Å²) in [6, 6.07) is 0. The molecule has 1 unspecified atom stereocenters. The molecule has 2 fully saturated rings. The summed E-state index contributed by atoms with van der Waals surface area (Å²) in [5.41, 5.74) is 4.90. The summed E-state index contributed by atoms with van der Waals surface area (Å²) in [6.07, 6.45) is 19.8. The number of esters is 1. The van der Waals surface area contributed by atoms with E-state index in [1.165, 1.54) is 31.0 Å². The van der Waals surface area contributed by atoms with Gasteiger partial charge >= 0.3 is 5.97 Å². The van der Waals surface area contributed by atoms with Gasteiger partial charge in [0.2, 0.25) is 0 Å². The van der Waals surface area contributed by atoms with Crippen LogP contribution in [0.15, 0.2) is 48.1 Å². The van der Waals surface area contributed by atoms with Crippen molar-refractivity contribution >= 4 is 11.7 Å². The van der Waals surface area contributed by atoms with E-state index in [1.54, 1.807) is 5.57 Å². The molecule has 1 aromatic heterocycles. The van der Waals surface area contributed by atoms with Crippen molar-refractivity contribution in [3.63, 3.8) is 0 Å². The first-order valence-corrected chi connectivity index (χ1v) is 10.7. The second kappa shape index (κ2) is 6.20. The van der Waals surface area contributed by atoms with Gasteiger partial charge in [-0.1, -0.05) is 37.1 Å². The highest BCUT2D eigenvalue weighted by Gasteiger charge is 2.54. The maximum absolute atomic E-state index is 11.4. The van der Waals surface area contributed by atoms with Crippen molar-refractivity contribution in [1.82, 2.24) is 9.55 Å². The summed E-state index contributed by atoms with van der Waals surface area (Å²) < 4.78 is 7.75. The van der Waals surface area contributed by atoms with Crippen LogP contribution in [-0.2, 0) is 9.53 Å². The first kappa shape index (κ1) is 18.0. The van der Waals surface area contributed by atoms with Crippen molar-refractivity contribution in [2.24, 2.45) is 22.7 Å². The molecular weight excluding hydrogens is 348 g/mol. The van der Waals surface area contributed by atoms with E-state index in [9.17, 15) is 4.79 Å². The van der Waals surface area contributed by atoms with Crippen molar-refractivity contribution in [1.29, 1.82) is 0 Å². The molecule has 0 N–H and O–H groups in total. The zero-order valence-corrected chi connectivity index (χ0v) is 17.1. The molecule has 5 rings (SSSR count). The maximum atomic E-state index is 11.4. The van der Waals surface area contributed by atoms with Crippen LogP contribution in [0.3, 0.4) is 0 Å². The van der Waals surface area contributed by atoms with Gasteiger partial charge in [0.25, 0.3) is 0 Å². The first-order valence-electron chi connectivity index (χ1n) is 10.7. The lowest BCUT2D eigenvalue weighted by Gasteiger charge is -2.56. The molecule has 0 aliphatic heterocycles. The fraction of sp³-hybridized carbons (Fsp3) is 0.583. The molecule has 0 radical (unpaired) electrons. The predicted molar refractivity (Wildman–Crippen MR) is 109 cm³/mol. The Labute approximate surface area is 167 Å². The summed E-state index contributed by atoms with van der Waals surface area (Å²) in [5.74, 6) is 1.17. The molecule has 4 aliphatic rings. The molecular formula is C24H30N2O2. The smallest absolute Gasteiger partial charge is 0.302 e. The highest BCUT2D eigenvalue weighted by Crippen LogP contribution is 2.64. The fourth-order valence-corrected chi connectivity index (χ4v) is 6.72. The van der Waals surface area contributed by atoms with Gasteiger partial charge in [-0.25, -0.2) is 4.98 Å². The van der Waals surface area contributed by atoms with Crippen LogP contribution in [0, 0.1) is 22.7 Å². The Morgan fingerprint density at radius 3 is 2.86 bits per heavy atom. The van der Waals surface area contributed by atoms with E-state index in [0.717, 1.165) is 25.7 Å². The molecule has 1 aromatic rings. The second-order valence-electron chi connectivity index (χ2n) is 9.58. The molecule has 4 aliphatic carbocycles. The largest absolute Gasteiger partial charge is 0.462 e. The van der Waals surface area contributed by atoms with Crippen molar-refractivity contribution in [3.05, 3.63) is 48.1 Å². The van der Waals surface area contributed by atoms with E-state index in [0.29, 0.717) is 11.8 Å². The summed E-state index contributed by atoms with van der Waals surface area (Å²) >= 11 is 0. The van der Waals surface area contributed by atoms with Gasteiger partial charge in [-0.05, 0) is 55.4 Å². The number of carbonyl (C=O) groups excluding carboxylic acids is 1. The van der Waals surface area contributed by atoms with Crippen molar-refractivity contribution < 1.29 is 9.53 Å². The Hall–Kier alpha value is -2.10. The van der Waals surface area contributed by atoms with Gasteiger partial charge in [-0.3, -0.25) is 4.79 Å². The first-order chi connectivity index (χ1) is 13.4.